The van der Waals surface area contributed by atoms with Crippen LogP contribution in [-0.4, -0.2) is 4.57 Å². The van der Waals surface area contributed by atoms with Gasteiger partial charge in [-0.15, -0.1) is 0 Å². The molecule has 0 N–H and O–H groups in total. The first kappa shape index (κ1) is 35.8. The second-order valence-corrected chi connectivity index (χ2v) is 21.0. The lowest BCUT2D eigenvalue weighted by molar-refractivity contribution is -0.0193. The number of hydrogen-bond donors (Lipinski definition) is 0. The number of benzene rings is 8. The van der Waals surface area contributed by atoms with Crippen molar-refractivity contribution in [2.24, 2.45) is 29.1 Å². The van der Waals surface area contributed by atoms with Crippen LogP contribution >= 0.6 is 0 Å². The largest absolute Gasteiger partial charge is 0.310 e. The van der Waals surface area contributed by atoms with Crippen molar-refractivity contribution in [1.29, 1.82) is 0 Å². The van der Waals surface area contributed by atoms with Gasteiger partial charge in [0, 0.05) is 44.4 Å². The van der Waals surface area contributed by atoms with Gasteiger partial charge in [0.1, 0.15) is 0 Å². The molecule has 0 radical (unpaired) electrons. The SMILES string of the molecule is CC1(C)c2ccccc2-c2ccc(N(c3ccc(-c4ccc5c(c4)-c4ccccc4C54C5CC6CC7C[C@H]4CC65C7)cc3)c3ccc4c5ccccc5n(-c5ccccc5)c4c3)cc21. The highest BCUT2D eigenvalue weighted by molar-refractivity contribution is 6.10. The Morgan fingerprint density at radius 1 is 0.453 bits per heavy atom. The fourth-order valence-corrected chi connectivity index (χ4v) is 15.7. The molecule has 0 saturated heterocycles. The monoisotopic (exact) mass is 822 g/mol. The molecule has 6 atom stereocenters. The molecule has 0 aliphatic heterocycles. The van der Waals surface area contributed by atoms with Gasteiger partial charge in [-0.2, -0.15) is 0 Å². The summed E-state index contributed by atoms with van der Waals surface area (Å²) in [6.07, 6.45) is 7.34. The molecule has 2 nitrogen and oxygen atoms in total. The van der Waals surface area contributed by atoms with E-state index in [1.165, 1.54) is 110 Å². The molecule has 3 bridgehead atoms. The Labute approximate surface area is 375 Å². The number of fused-ring (bicyclic) bond motifs is 15. The summed E-state index contributed by atoms with van der Waals surface area (Å²) in [5.41, 5.74) is 22.1. The van der Waals surface area contributed by atoms with E-state index in [1.807, 2.05) is 0 Å². The quantitative estimate of drug-likeness (QED) is 0.168. The van der Waals surface area contributed by atoms with E-state index in [0.29, 0.717) is 5.41 Å². The number of rotatable bonds is 5. The zero-order valence-corrected chi connectivity index (χ0v) is 36.6. The molecule has 2 heteroatoms. The van der Waals surface area contributed by atoms with Crippen LogP contribution in [0.5, 0.6) is 0 Å². The van der Waals surface area contributed by atoms with Crippen LogP contribution in [0.4, 0.5) is 17.1 Å². The van der Waals surface area contributed by atoms with Gasteiger partial charge in [0.15, 0.2) is 0 Å². The van der Waals surface area contributed by atoms with E-state index in [0.717, 1.165) is 35.0 Å². The molecule has 9 aromatic rings. The van der Waals surface area contributed by atoms with Crippen molar-refractivity contribution in [3.63, 3.8) is 0 Å². The van der Waals surface area contributed by atoms with Gasteiger partial charge in [-0.05, 0) is 177 Å². The second-order valence-electron chi connectivity index (χ2n) is 21.0. The summed E-state index contributed by atoms with van der Waals surface area (Å²) in [5.74, 6) is 3.54. The zero-order chi connectivity index (χ0) is 42.1. The van der Waals surface area contributed by atoms with Crippen molar-refractivity contribution in [2.45, 2.75) is 56.8 Å². The maximum Gasteiger partial charge on any atom is 0.0561 e. The average molecular weight is 823 g/mol. The average Bonchev–Trinajstić information content (AvgIpc) is 4.00. The van der Waals surface area contributed by atoms with E-state index in [9.17, 15) is 0 Å². The predicted molar refractivity (Wildman–Crippen MR) is 264 cm³/mol. The van der Waals surface area contributed by atoms with Gasteiger partial charge < -0.3 is 9.47 Å². The van der Waals surface area contributed by atoms with E-state index in [1.54, 1.807) is 11.1 Å². The van der Waals surface area contributed by atoms with Gasteiger partial charge >= 0.3 is 0 Å². The Morgan fingerprint density at radius 3 is 1.95 bits per heavy atom. The highest BCUT2D eigenvalue weighted by atomic mass is 15.1. The van der Waals surface area contributed by atoms with Crippen LogP contribution < -0.4 is 4.90 Å². The summed E-state index contributed by atoms with van der Waals surface area (Å²) in [5, 5.41) is 2.53. The Bertz CT molecular complexity index is 3440. The molecular weight excluding hydrogens is 773 g/mol. The number of hydrogen-bond acceptors (Lipinski definition) is 1. The fourth-order valence-electron chi connectivity index (χ4n) is 15.7. The molecule has 4 saturated carbocycles. The van der Waals surface area contributed by atoms with E-state index in [2.05, 4.69) is 205 Å². The highest BCUT2D eigenvalue weighted by Crippen LogP contribution is 2.83. The molecule has 5 unspecified atom stereocenters. The third-order valence-corrected chi connectivity index (χ3v) is 18.1. The molecule has 1 heterocycles. The smallest absolute Gasteiger partial charge is 0.0561 e. The van der Waals surface area contributed by atoms with E-state index in [4.69, 9.17) is 0 Å². The van der Waals surface area contributed by atoms with Gasteiger partial charge in [0.05, 0.1) is 11.0 Å². The van der Waals surface area contributed by atoms with Crippen LogP contribution in [0.3, 0.4) is 0 Å². The van der Waals surface area contributed by atoms with Crippen molar-refractivity contribution in [2.75, 3.05) is 4.90 Å². The molecule has 1 aromatic heterocycles. The van der Waals surface area contributed by atoms with E-state index >= 15 is 0 Å². The van der Waals surface area contributed by atoms with Crippen molar-refractivity contribution in [1.82, 2.24) is 4.57 Å². The number of anilines is 3. The van der Waals surface area contributed by atoms with Crippen LogP contribution in [0.2, 0.25) is 0 Å². The summed E-state index contributed by atoms with van der Waals surface area (Å²) in [7, 11) is 0. The first-order valence-electron chi connectivity index (χ1n) is 23.9. The lowest BCUT2D eigenvalue weighted by atomic mass is 9.49. The predicted octanol–water partition coefficient (Wildman–Crippen LogP) is 15.9. The Kier molecular flexibility index (Phi) is 6.89. The first-order valence-corrected chi connectivity index (χ1v) is 23.9. The van der Waals surface area contributed by atoms with Gasteiger partial charge in [-0.3, -0.25) is 0 Å². The highest BCUT2D eigenvalue weighted by Gasteiger charge is 2.76. The number of para-hydroxylation sites is 2. The maximum atomic E-state index is 2.58. The topological polar surface area (TPSA) is 8.17 Å². The van der Waals surface area contributed by atoms with Crippen LogP contribution in [0.25, 0.3) is 60.9 Å². The van der Waals surface area contributed by atoms with E-state index < -0.39 is 0 Å². The van der Waals surface area contributed by atoms with Crippen LogP contribution in [-0.2, 0) is 10.8 Å². The molecule has 15 rings (SSSR count). The molecule has 0 amide bonds. The van der Waals surface area contributed by atoms with Crippen molar-refractivity contribution >= 4 is 38.9 Å². The molecule has 2 spiro atoms. The molecular formula is C62H50N2. The van der Waals surface area contributed by atoms with Crippen molar-refractivity contribution in [3.05, 3.63) is 204 Å². The lowest BCUT2D eigenvalue weighted by Gasteiger charge is -2.54. The summed E-state index contributed by atoms with van der Waals surface area (Å²) in [6, 6.07) is 69.4. The minimum atomic E-state index is -0.108. The van der Waals surface area contributed by atoms with Crippen LogP contribution in [0.1, 0.15) is 68.2 Å². The molecule has 308 valence electrons. The number of nitrogens with zero attached hydrogens (tertiary/aromatic N) is 2. The fraction of sp³-hybridized carbons (Fsp3) is 0.226. The second kappa shape index (κ2) is 12.3. The molecule has 64 heavy (non-hydrogen) atoms. The Hall–Kier alpha value is -6.64. The third-order valence-electron chi connectivity index (χ3n) is 18.1. The Balaban J connectivity index is 0.873. The van der Waals surface area contributed by atoms with Crippen LogP contribution in [0, 0.1) is 29.1 Å². The van der Waals surface area contributed by atoms with Gasteiger partial charge in [-0.1, -0.05) is 135 Å². The van der Waals surface area contributed by atoms with Gasteiger partial charge in [-0.25, -0.2) is 0 Å². The minimum absolute atomic E-state index is 0.108. The Morgan fingerprint density at radius 2 is 1.09 bits per heavy atom. The maximum absolute atomic E-state index is 2.58. The molecule has 6 aliphatic rings. The molecule has 6 aliphatic carbocycles. The van der Waals surface area contributed by atoms with Gasteiger partial charge in [0.2, 0.25) is 0 Å². The molecule has 8 aromatic carbocycles. The standard InChI is InChI=1S/C62H50N2/c1-60(2)53-17-9-6-14-47(53)49-27-25-45(34-56(49)60)63(46-26-28-51-50-16-8-11-19-57(50)64(58(51)35-46)43-12-4-3-5-13-43)44-23-20-39(21-24-44)40-22-29-55-52(32-40)48-15-7-10-18-54(48)62(55)42-31-38-30-41-33-59(62)61(41,36-38)37-42/h3-29,32,34-35,38,41-42,59H,30-31,33,36-37H2,1-2H3/t38?,41?,42-,59?,61?,62?/m0/s1. The normalized spacial score (nSPS) is 25.6. The van der Waals surface area contributed by atoms with Crippen LogP contribution in [0.15, 0.2) is 182 Å². The summed E-state index contributed by atoms with van der Waals surface area (Å²) < 4.78 is 2.43. The summed E-state index contributed by atoms with van der Waals surface area (Å²) in [6.45, 7) is 4.76. The molecule has 4 fully saturated rings. The summed E-state index contributed by atoms with van der Waals surface area (Å²) in [4.78, 5) is 2.48. The van der Waals surface area contributed by atoms with Crippen molar-refractivity contribution < 1.29 is 0 Å². The summed E-state index contributed by atoms with van der Waals surface area (Å²) >= 11 is 0. The number of aromatic nitrogens is 1. The minimum Gasteiger partial charge on any atom is -0.310 e. The lowest BCUT2D eigenvalue weighted by Crippen LogP contribution is -2.50. The van der Waals surface area contributed by atoms with E-state index in [-0.39, 0.29) is 10.8 Å². The third kappa shape index (κ3) is 4.38. The van der Waals surface area contributed by atoms with Crippen molar-refractivity contribution in [3.8, 4) is 39.1 Å². The first-order chi connectivity index (χ1) is 31.4. The van der Waals surface area contributed by atoms with Gasteiger partial charge in [0.25, 0.3) is 0 Å². The zero-order valence-electron chi connectivity index (χ0n) is 36.6.